The first-order valence-corrected chi connectivity index (χ1v) is 9.09. The Morgan fingerprint density at radius 3 is 2.83 bits per heavy atom. The van der Waals surface area contributed by atoms with Crippen molar-refractivity contribution in [2.75, 3.05) is 0 Å². The number of carbonyl (C=O) groups is 2. The Bertz CT molecular complexity index is 590. The zero-order valence-corrected chi connectivity index (χ0v) is 15.0. The minimum Gasteiger partial charge on any atom is -0.450 e. The molecule has 5 unspecified atom stereocenters. The van der Waals surface area contributed by atoms with Crippen LogP contribution in [0.2, 0.25) is 0 Å². The molecule has 2 aliphatic heterocycles. The van der Waals surface area contributed by atoms with Gasteiger partial charge in [0.1, 0.15) is 0 Å². The number of fused-ring (bicyclic) bond motifs is 2. The van der Waals surface area contributed by atoms with Gasteiger partial charge in [-0.3, -0.25) is 4.79 Å². The van der Waals surface area contributed by atoms with Crippen LogP contribution in [0, 0.1) is 11.8 Å². The van der Waals surface area contributed by atoms with Crippen LogP contribution in [0.3, 0.4) is 0 Å². The van der Waals surface area contributed by atoms with Crippen molar-refractivity contribution in [2.45, 2.75) is 77.1 Å². The summed E-state index contributed by atoms with van der Waals surface area (Å²) in [5.74, 6) is -0.722. The second-order valence-electron chi connectivity index (χ2n) is 7.90. The Kier molecular flexibility index (Phi) is 4.69. The van der Waals surface area contributed by atoms with E-state index < -0.39 is 12.1 Å². The molecule has 24 heavy (non-hydrogen) atoms. The molecular formula is C20H28O4. The summed E-state index contributed by atoms with van der Waals surface area (Å²) in [4.78, 5) is 24.8. The molecule has 4 heteroatoms. The van der Waals surface area contributed by atoms with Gasteiger partial charge in [0, 0.05) is 17.4 Å². The summed E-state index contributed by atoms with van der Waals surface area (Å²) < 4.78 is 11.3. The van der Waals surface area contributed by atoms with E-state index >= 15 is 0 Å². The summed E-state index contributed by atoms with van der Waals surface area (Å²) in [6.45, 7) is 10.1. The van der Waals surface area contributed by atoms with E-state index in [1.54, 1.807) is 0 Å². The van der Waals surface area contributed by atoms with Crippen LogP contribution in [0.4, 0.5) is 0 Å². The maximum absolute atomic E-state index is 12.8. The molecule has 3 rings (SSSR count). The molecule has 2 saturated heterocycles. The second-order valence-corrected chi connectivity index (χ2v) is 7.90. The van der Waals surface area contributed by atoms with Crippen molar-refractivity contribution in [2.24, 2.45) is 11.8 Å². The fourth-order valence-electron chi connectivity index (χ4n) is 3.99. The lowest BCUT2D eigenvalue weighted by molar-refractivity contribution is -0.148. The van der Waals surface area contributed by atoms with E-state index in [4.69, 9.17) is 9.47 Å². The summed E-state index contributed by atoms with van der Waals surface area (Å²) in [6, 6.07) is 0. The van der Waals surface area contributed by atoms with Crippen molar-refractivity contribution < 1.29 is 19.1 Å². The number of hydrogen-bond acceptors (Lipinski definition) is 4. The zero-order chi connectivity index (χ0) is 17.5. The first-order valence-electron chi connectivity index (χ1n) is 9.09. The van der Waals surface area contributed by atoms with Gasteiger partial charge in [0.05, 0.1) is 11.7 Å². The number of ketones is 1. The first kappa shape index (κ1) is 17.4. The summed E-state index contributed by atoms with van der Waals surface area (Å²) in [5, 5.41) is 0. The van der Waals surface area contributed by atoms with Crippen molar-refractivity contribution in [1.29, 1.82) is 0 Å². The normalized spacial score (nSPS) is 41.0. The maximum atomic E-state index is 12.8. The maximum Gasteiger partial charge on any atom is 0.334 e. The molecule has 0 aromatic carbocycles. The van der Waals surface area contributed by atoms with Crippen molar-refractivity contribution in [3.8, 4) is 0 Å². The van der Waals surface area contributed by atoms with Crippen LogP contribution in [0.1, 0.15) is 59.3 Å². The molecule has 2 fully saturated rings. The van der Waals surface area contributed by atoms with Gasteiger partial charge in [0.15, 0.2) is 11.9 Å². The number of allylic oxidation sites excluding steroid dienone is 2. The molecular weight excluding hydrogens is 304 g/mol. The zero-order valence-electron chi connectivity index (χ0n) is 15.0. The molecule has 0 amide bonds. The molecule has 0 bridgehead atoms. The second kappa shape index (κ2) is 6.47. The van der Waals surface area contributed by atoms with E-state index in [1.165, 1.54) is 5.57 Å². The molecule has 132 valence electrons. The number of carbonyl (C=O) groups excluding carboxylic acids is 2. The lowest BCUT2D eigenvalue weighted by Crippen LogP contribution is -2.33. The molecule has 5 atom stereocenters. The van der Waals surface area contributed by atoms with Crippen molar-refractivity contribution in [1.82, 2.24) is 0 Å². The highest BCUT2D eigenvalue weighted by Gasteiger charge is 2.55. The van der Waals surface area contributed by atoms with Crippen molar-refractivity contribution >= 4 is 11.8 Å². The van der Waals surface area contributed by atoms with Crippen LogP contribution in [-0.2, 0) is 19.1 Å². The van der Waals surface area contributed by atoms with Gasteiger partial charge in [0.25, 0.3) is 0 Å². The Morgan fingerprint density at radius 2 is 2.08 bits per heavy atom. The summed E-state index contributed by atoms with van der Waals surface area (Å²) in [7, 11) is 0. The third-order valence-corrected chi connectivity index (χ3v) is 5.92. The van der Waals surface area contributed by atoms with E-state index in [0.29, 0.717) is 12.0 Å². The molecule has 0 radical (unpaired) electrons. The van der Waals surface area contributed by atoms with Crippen LogP contribution in [-0.4, -0.2) is 29.6 Å². The minimum absolute atomic E-state index is 0.0352. The van der Waals surface area contributed by atoms with Gasteiger partial charge in [0.2, 0.25) is 0 Å². The average molecular weight is 332 g/mol. The molecule has 4 nitrogen and oxygen atoms in total. The Labute approximate surface area is 144 Å². The smallest absolute Gasteiger partial charge is 0.334 e. The summed E-state index contributed by atoms with van der Waals surface area (Å²) >= 11 is 0. The Morgan fingerprint density at radius 1 is 1.33 bits per heavy atom. The molecule has 0 spiro atoms. The summed E-state index contributed by atoms with van der Waals surface area (Å²) in [6.07, 6.45) is 7.16. The molecule has 0 aromatic rings. The van der Waals surface area contributed by atoms with Crippen LogP contribution in [0.25, 0.3) is 0 Å². The number of Topliss-reactive ketones (excluding diaryl/α,β-unsaturated/α-hetero) is 1. The van der Waals surface area contributed by atoms with E-state index in [-0.39, 0.29) is 29.3 Å². The van der Waals surface area contributed by atoms with Crippen LogP contribution in [0.5, 0.6) is 0 Å². The number of rotatable bonds is 0. The molecule has 3 aliphatic rings. The monoisotopic (exact) mass is 332 g/mol. The highest BCUT2D eigenvalue weighted by Crippen LogP contribution is 2.47. The Hall–Kier alpha value is -1.42. The number of epoxide rings is 1. The highest BCUT2D eigenvalue weighted by molar-refractivity contribution is 5.98. The lowest BCUT2D eigenvalue weighted by Gasteiger charge is -2.20. The predicted octanol–water partition coefficient (Wildman–Crippen LogP) is 3.75. The number of hydrogen-bond donors (Lipinski definition) is 0. The van der Waals surface area contributed by atoms with E-state index in [0.717, 1.165) is 32.1 Å². The predicted molar refractivity (Wildman–Crippen MR) is 91.4 cm³/mol. The Balaban J connectivity index is 1.81. The standard InChI is InChI=1S/C20H28O4/c1-12-7-5-9-13(2)17(21)18-15(14(3)19(22)23-18)11-16-20(4,24-16)10-6-8-12/h8,13,15-16,18H,3,5-7,9-11H2,1-2,4H3. The molecule has 2 heterocycles. The number of ether oxygens (including phenoxy) is 2. The highest BCUT2D eigenvalue weighted by atomic mass is 16.6. The molecule has 0 N–H and O–H groups in total. The van der Waals surface area contributed by atoms with Crippen LogP contribution in [0.15, 0.2) is 23.8 Å². The third-order valence-electron chi connectivity index (χ3n) is 5.92. The van der Waals surface area contributed by atoms with Crippen molar-refractivity contribution in [3.63, 3.8) is 0 Å². The van der Waals surface area contributed by atoms with Crippen LogP contribution < -0.4 is 0 Å². The van der Waals surface area contributed by atoms with E-state index in [2.05, 4.69) is 26.5 Å². The lowest BCUT2D eigenvalue weighted by atomic mass is 9.82. The average Bonchev–Trinajstić information content (AvgIpc) is 3.08. The van der Waals surface area contributed by atoms with Gasteiger partial charge in [-0.1, -0.05) is 25.2 Å². The van der Waals surface area contributed by atoms with Crippen molar-refractivity contribution in [3.05, 3.63) is 23.8 Å². The van der Waals surface area contributed by atoms with E-state index in [9.17, 15) is 9.59 Å². The van der Waals surface area contributed by atoms with E-state index in [1.807, 2.05) is 6.92 Å². The largest absolute Gasteiger partial charge is 0.450 e. The fraction of sp³-hybridized carbons (Fsp3) is 0.700. The third kappa shape index (κ3) is 3.34. The molecule has 1 aliphatic carbocycles. The van der Waals surface area contributed by atoms with Gasteiger partial charge in [-0.25, -0.2) is 4.79 Å². The van der Waals surface area contributed by atoms with Gasteiger partial charge < -0.3 is 9.47 Å². The van der Waals surface area contributed by atoms with Crippen LogP contribution >= 0.6 is 0 Å². The quantitative estimate of drug-likeness (QED) is 0.293. The first-order chi connectivity index (χ1) is 11.3. The van der Waals surface area contributed by atoms with Gasteiger partial charge >= 0.3 is 5.97 Å². The van der Waals surface area contributed by atoms with Gasteiger partial charge in [-0.15, -0.1) is 0 Å². The molecule has 0 saturated carbocycles. The van der Waals surface area contributed by atoms with Gasteiger partial charge in [-0.05, 0) is 52.4 Å². The van der Waals surface area contributed by atoms with Gasteiger partial charge in [-0.2, -0.15) is 0 Å². The minimum atomic E-state index is -0.673. The fourth-order valence-corrected chi connectivity index (χ4v) is 3.99. The SMILES string of the molecule is C=C1C(=O)OC2C(=O)C(C)CCCC(C)=CCCC3(C)OC3CC12. The molecule has 0 aromatic heterocycles. The number of esters is 1. The summed E-state index contributed by atoms with van der Waals surface area (Å²) in [5.41, 5.74) is 1.67. The topological polar surface area (TPSA) is 55.9 Å².